The quantitative estimate of drug-likeness (QED) is 0.923. The van der Waals surface area contributed by atoms with Crippen molar-refractivity contribution in [1.82, 2.24) is 9.78 Å². The predicted octanol–water partition coefficient (Wildman–Crippen LogP) is 2.37. The van der Waals surface area contributed by atoms with Gasteiger partial charge in [-0.15, -0.1) is 0 Å². The Hall–Kier alpha value is -2.01. The largest absolute Gasteiger partial charge is 0.493 e. The number of ether oxygens (including phenoxy) is 1. The van der Waals surface area contributed by atoms with E-state index in [0.29, 0.717) is 12.3 Å². The Morgan fingerprint density at radius 1 is 1.45 bits per heavy atom. The van der Waals surface area contributed by atoms with Crippen LogP contribution in [0.4, 0.5) is 5.69 Å². The van der Waals surface area contributed by atoms with Crippen molar-refractivity contribution in [3.05, 3.63) is 51.4 Å². The molecule has 0 fully saturated rings. The summed E-state index contributed by atoms with van der Waals surface area (Å²) >= 11 is 6.08. The van der Waals surface area contributed by atoms with E-state index in [1.54, 1.807) is 13.2 Å². The number of hydrogen-bond acceptors (Lipinski definition) is 4. The highest BCUT2D eigenvalue weighted by atomic mass is 35.5. The van der Waals surface area contributed by atoms with Crippen molar-refractivity contribution < 1.29 is 4.74 Å². The van der Waals surface area contributed by atoms with Crippen LogP contribution in [-0.2, 0) is 7.05 Å². The van der Waals surface area contributed by atoms with E-state index in [0.717, 1.165) is 17.7 Å². The monoisotopic (exact) mass is 291 g/mol. The molecule has 1 aromatic heterocycles. The molecule has 0 amide bonds. The molecular formula is C14H14ClN3O2. The van der Waals surface area contributed by atoms with Crippen LogP contribution >= 0.6 is 11.6 Å². The Morgan fingerprint density at radius 3 is 3.10 bits per heavy atom. The van der Waals surface area contributed by atoms with Gasteiger partial charge in [0.25, 0.3) is 5.56 Å². The zero-order valence-electron chi connectivity index (χ0n) is 11.0. The third-order valence-corrected chi connectivity index (χ3v) is 3.73. The summed E-state index contributed by atoms with van der Waals surface area (Å²) in [5.41, 5.74) is 1.31. The third-order valence-electron chi connectivity index (χ3n) is 3.37. The van der Waals surface area contributed by atoms with Crippen LogP contribution < -0.4 is 15.6 Å². The van der Waals surface area contributed by atoms with E-state index in [2.05, 4.69) is 10.4 Å². The van der Waals surface area contributed by atoms with Crippen LogP contribution in [0.3, 0.4) is 0 Å². The number of para-hydroxylation sites is 1. The van der Waals surface area contributed by atoms with E-state index < -0.39 is 0 Å². The van der Waals surface area contributed by atoms with Crippen molar-refractivity contribution in [2.75, 3.05) is 11.9 Å². The molecule has 1 aromatic carbocycles. The summed E-state index contributed by atoms with van der Waals surface area (Å²) in [7, 11) is 1.57. The molecule has 1 unspecified atom stereocenters. The maximum Gasteiger partial charge on any atom is 0.287 e. The average Bonchev–Trinajstić information content (AvgIpc) is 2.48. The Kier molecular flexibility index (Phi) is 3.36. The van der Waals surface area contributed by atoms with Crippen molar-refractivity contribution in [3.63, 3.8) is 0 Å². The van der Waals surface area contributed by atoms with Crippen molar-refractivity contribution in [3.8, 4) is 5.75 Å². The first-order chi connectivity index (χ1) is 9.66. The second-order valence-electron chi connectivity index (χ2n) is 4.67. The SMILES string of the molecule is Cn1ncc(NC2CCOc3ccccc32)c(Cl)c1=O. The Morgan fingerprint density at radius 2 is 2.25 bits per heavy atom. The van der Waals surface area contributed by atoms with Gasteiger partial charge >= 0.3 is 0 Å². The summed E-state index contributed by atoms with van der Waals surface area (Å²) in [5.74, 6) is 0.865. The molecule has 2 aromatic rings. The molecular weight excluding hydrogens is 278 g/mol. The molecule has 20 heavy (non-hydrogen) atoms. The van der Waals surface area contributed by atoms with Crippen LogP contribution in [0.1, 0.15) is 18.0 Å². The van der Waals surface area contributed by atoms with Gasteiger partial charge in [0.15, 0.2) is 0 Å². The van der Waals surface area contributed by atoms with Gasteiger partial charge in [0, 0.05) is 19.0 Å². The fraction of sp³-hybridized carbons (Fsp3) is 0.286. The summed E-state index contributed by atoms with van der Waals surface area (Å²) in [6, 6.07) is 7.91. The lowest BCUT2D eigenvalue weighted by molar-refractivity contribution is 0.274. The van der Waals surface area contributed by atoms with Crippen LogP contribution in [0, 0.1) is 0 Å². The van der Waals surface area contributed by atoms with Gasteiger partial charge in [-0.25, -0.2) is 4.68 Å². The van der Waals surface area contributed by atoms with E-state index in [1.165, 1.54) is 4.68 Å². The van der Waals surface area contributed by atoms with E-state index >= 15 is 0 Å². The number of aryl methyl sites for hydroxylation is 1. The zero-order chi connectivity index (χ0) is 14.1. The van der Waals surface area contributed by atoms with Gasteiger partial charge in [-0.1, -0.05) is 29.8 Å². The van der Waals surface area contributed by atoms with Crippen molar-refractivity contribution in [2.45, 2.75) is 12.5 Å². The number of hydrogen-bond donors (Lipinski definition) is 1. The number of fused-ring (bicyclic) bond motifs is 1. The summed E-state index contributed by atoms with van der Waals surface area (Å²) in [4.78, 5) is 11.8. The first kappa shape index (κ1) is 13.0. The molecule has 0 radical (unpaired) electrons. The molecule has 1 aliphatic heterocycles. The number of nitrogens with one attached hydrogen (secondary N) is 1. The lowest BCUT2D eigenvalue weighted by Gasteiger charge is -2.27. The van der Waals surface area contributed by atoms with Gasteiger partial charge in [-0.2, -0.15) is 5.10 Å². The molecule has 0 bridgehead atoms. The molecule has 1 N–H and O–H groups in total. The van der Waals surface area contributed by atoms with Crippen LogP contribution in [0.25, 0.3) is 0 Å². The number of halogens is 1. The molecule has 1 aliphatic rings. The van der Waals surface area contributed by atoms with Gasteiger partial charge in [0.1, 0.15) is 10.8 Å². The molecule has 0 aliphatic carbocycles. The zero-order valence-corrected chi connectivity index (χ0v) is 11.7. The van der Waals surface area contributed by atoms with E-state index in [1.807, 2.05) is 24.3 Å². The number of rotatable bonds is 2. The second-order valence-corrected chi connectivity index (χ2v) is 5.05. The number of aromatic nitrogens is 2. The smallest absolute Gasteiger partial charge is 0.287 e. The summed E-state index contributed by atoms with van der Waals surface area (Å²) in [6.07, 6.45) is 2.38. The minimum atomic E-state index is -0.308. The maximum atomic E-state index is 11.8. The molecule has 6 heteroatoms. The average molecular weight is 292 g/mol. The Labute approximate surface area is 121 Å². The van der Waals surface area contributed by atoms with Gasteiger partial charge in [0.05, 0.1) is 24.5 Å². The van der Waals surface area contributed by atoms with Crippen LogP contribution in [0.2, 0.25) is 5.02 Å². The molecule has 0 spiro atoms. The van der Waals surface area contributed by atoms with Crippen molar-refractivity contribution in [1.29, 1.82) is 0 Å². The topological polar surface area (TPSA) is 56.1 Å². The number of nitrogens with zero attached hydrogens (tertiary/aromatic N) is 2. The van der Waals surface area contributed by atoms with Gasteiger partial charge in [-0.05, 0) is 6.07 Å². The Bertz CT molecular complexity index is 699. The molecule has 2 heterocycles. The molecule has 0 saturated heterocycles. The molecule has 0 saturated carbocycles. The van der Waals surface area contributed by atoms with E-state index in [9.17, 15) is 4.79 Å². The molecule has 104 valence electrons. The van der Waals surface area contributed by atoms with Crippen molar-refractivity contribution >= 4 is 17.3 Å². The second kappa shape index (κ2) is 5.17. The van der Waals surface area contributed by atoms with Gasteiger partial charge in [0.2, 0.25) is 0 Å². The van der Waals surface area contributed by atoms with Crippen molar-refractivity contribution in [2.24, 2.45) is 7.05 Å². The highest BCUT2D eigenvalue weighted by molar-refractivity contribution is 6.32. The standard InChI is InChI=1S/C14H14ClN3O2/c1-18-14(19)13(15)11(8-16-18)17-10-6-7-20-12-5-3-2-4-9(10)12/h2-5,8,10,17H,6-7H2,1H3. The van der Waals surface area contributed by atoms with E-state index in [4.69, 9.17) is 16.3 Å². The predicted molar refractivity (Wildman–Crippen MR) is 77.4 cm³/mol. The number of anilines is 1. The molecule has 5 nitrogen and oxygen atoms in total. The minimum Gasteiger partial charge on any atom is -0.493 e. The molecule has 3 rings (SSSR count). The summed E-state index contributed by atoms with van der Waals surface area (Å²) in [6.45, 7) is 0.630. The first-order valence-electron chi connectivity index (χ1n) is 6.37. The van der Waals surface area contributed by atoms with Crippen LogP contribution in [-0.4, -0.2) is 16.4 Å². The van der Waals surface area contributed by atoms with Crippen LogP contribution in [0.15, 0.2) is 35.3 Å². The van der Waals surface area contributed by atoms with Crippen LogP contribution in [0.5, 0.6) is 5.75 Å². The lowest BCUT2D eigenvalue weighted by atomic mass is 10.0. The number of benzene rings is 1. The summed E-state index contributed by atoms with van der Waals surface area (Å²) in [5, 5.41) is 7.43. The third kappa shape index (κ3) is 2.25. The summed E-state index contributed by atoms with van der Waals surface area (Å²) < 4.78 is 6.82. The fourth-order valence-corrected chi connectivity index (χ4v) is 2.52. The van der Waals surface area contributed by atoms with E-state index in [-0.39, 0.29) is 16.6 Å². The minimum absolute atomic E-state index is 0.0614. The Balaban J connectivity index is 1.94. The van der Waals surface area contributed by atoms with Gasteiger partial charge in [-0.3, -0.25) is 4.79 Å². The highest BCUT2D eigenvalue weighted by Gasteiger charge is 2.22. The lowest BCUT2D eigenvalue weighted by Crippen LogP contribution is -2.24. The first-order valence-corrected chi connectivity index (χ1v) is 6.74. The molecule has 1 atom stereocenters. The van der Waals surface area contributed by atoms with Gasteiger partial charge < -0.3 is 10.1 Å². The maximum absolute atomic E-state index is 11.8. The highest BCUT2D eigenvalue weighted by Crippen LogP contribution is 2.34. The fourth-order valence-electron chi connectivity index (χ4n) is 2.29. The normalized spacial score (nSPS) is 17.2.